The van der Waals surface area contributed by atoms with Gasteiger partial charge in [-0.15, -0.1) is 0 Å². The summed E-state index contributed by atoms with van der Waals surface area (Å²) in [7, 11) is 0. The summed E-state index contributed by atoms with van der Waals surface area (Å²) >= 11 is 3.03. The predicted octanol–water partition coefficient (Wildman–Crippen LogP) is 2.29. The monoisotopic (exact) mass is 369 g/mol. The van der Waals surface area contributed by atoms with Gasteiger partial charge in [-0.3, -0.25) is 4.79 Å². The van der Waals surface area contributed by atoms with Gasteiger partial charge in [0, 0.05) is 0 Å². The number of nitrogens with one attached hydrogen (secondary N) is 1. The van der Waals surface area contributed by atoms with Crippen molar-refractivity contribution in [1.29, 1.82) is 5.26 Å². The number of carbonyl (C=O) groups excluding carboxylic acids is 1. The van der Waals surface area contributed by atoms with E-state index < -0.39 is 10.5 Å². The van der Waals surface area contributed by atoms with Gasteiger partial charge in [-0.05, 0) is 33.7 Å². The van der Waals surface area contributed by atoms with Crippen LogP contribution in [0.3, 0.4) is 0 Å². The third-order valence-electron chi connectivity index (χ3n) is 3.73. The molecule has 0 bridgehead atoms. The molecule has 118 valence electrons. The second kappa shape index (κ2) is 6.87. The standard InChI is InChI=1S/C13H16BrN5O3/c14-10-7-18(17-12(10)19(21)22)8-11(20)16-13(9-15)5-3-1-2-4-6-13/h7H,1-6,8H2,(H,16,20). The Labute approximate surface area is 135 Å². The average Bonchev–Trinajstić information content (AvgIpc) is 2.69. The fourth-order valence-corrected chi connectivity index (χ4v) is 3.10. The first-order valence-corrected chi connectivity index (χ1v) is 7.85. The number of rotatable bonds is 4. The van der Waals surface area contributed by atoms with E-state index in [1.807, 2.05) is 0 Å². The van der Waals surface area contributed by atoms with Crippen LogP contribution in [-0.2, 0) is 11.3 Å². The molecule has 0 saturated heterocycles. The van der Waals surface area contributed by atoms with Crippen molar-refractivity contribution < 1.29 is 9.72 Å². The Kier molecular flexibility index (Phi) is 5.13. The van der Waals surface area contributed by atoms with Crippen molar-refractivity contribution in [3.63, 3.8) is 0 Å². The van der Waals surface area contributed by atoms with Gasteiger partial charge in [0.1, 0.15) is 16.6 Å². The topological polar surface area (TPSA) is 114 Å². The molecular formula is C13H16BrN5O3. The zero-order valence-electron chi connectivity index (χ0n) is 11.9. The fourth-order valence-electron chi connectivity index (χ4n) is 2.64. The SMILES string of the molecule is N#CC1(NC(=O)Cn2cc(Br)c([N+](=O)[O-])n2)CCCCCC1. The van der Waals surface area contributed by atoms with Crippen LogP contribution in [0.25, 0.3) is 0 Å². The van der Waals surface area contributed by atoms with Crippen LogP contribution >= 0.6 is 15.9 Å². The lowest BCUT2D eigenvalue weighted by molar-refractivity contribution is -0.390. The van der Waals surface area contributed by atoms with E-state index in [-0.39, 0.29) is 22.7 Å². The van der Waals surface area contributed by atoms with Gasteiger partial charge in [-0.2, -0.15) is 9.94 Å². The first-order valence-electron chi connectivity index (χ1n) is 7.05. The van der Waals surface area contributed by atoms with Gasteiger partial charge in [-0.1, -0.05) is 25.7 Å². The van der Waals surface area contributed by atoms with Crippen molar-refractivity contribution in [1.82, 2.24) is 15.1 Å². The summed E-state index contributed by atoms with van der Waals surface area (Å²) < 4.78 is 1.41. The second-order valence-electron chi connectivity index (χ2n) is 5.41. The number of nitrogens with zero attached hydrogens (tertiary/aromatic N) is 4. The summed E-state index contributed by atoms with van der Waals surface area (Å²) in [4.78, 5) is 22.2. The lowest BCUT2D eigenvalue weighted by Gasteiger charge is -2.26. The van der Waals surface area contributed by atoms with Gasteiger partial charge in [0.2, 0.25) is 5.91 Å². The average molecular weight is 370 g/mol. The molecule has 1 aromatic heterocycles. The molecule has 9 heteroatoms. The number of carbonyl (C=O) groups is 1. The molecule has 0 radical (unpaired) electrons. The zero-order valence-corrected chi connectivity index (χ0v) is 13.5. The third-order valence-corrected chi connectivity index (χ3v) is 4.29. The van der Waals surface area contributed by atoms with Crippen LogP contribution in [0.5, 0.6) is 0 Å². The summed E-state index contributed by atoms with van der Waals surface area (Å²) in [5.74, 6) is -0.703. The van der Waals surface area contributed by atoms with Crippen LogP contribution in [0.2, 0.25) is 0 Å². The number of amides is 1. The van der Waals surface area contributed by atoms with Gasteiger partial charge in [0.15, 0.2) is 0 Å². The quantitative estimate of drug-likeness (QED) is 0.496. The van der Waals surface area contributed by atoms with E-state index in [0.29, 0.717) is 12.8 Å². The third kappa shape index (κ3) is 3.82. The minimum Gasteiger partial charge on any atom is -0.358 e. The maximum Gasteiger partial charge on any atom is 0.404 e. The molecule has 1 fully saturated rings. The highest BCUT2D eigenvalue weighted by Crippen LogP contribution is 2.27. The molecule has 0 spiro atoms. The lowest BCUT2D eigenvalue weighted by Crippen LogP contribution is -2.48. The van der Waals surface area contributed by atoms with Crippen molar-refractivity contribution >= 4 is 27.7 Å². The van der Waals surface area contributed by atoms with Gasteiger partial charge >= 0.3 is 5.82 Å². The first kappa shape index (κ1) is 16.4. The van der Waals surface area contributed by atoms with Gasteiger partial charge in [0.05, 0.1) is 17.4 Å². The number of halogens is 1. The van der Waals surface area contributed by atoms with E-state index in [4.69, 9.17) is 0 Å². The van der Waals surface area contributed by atoms with E-state index in [9.17, 15) is 20.2 Å². The molecular weight excluding hydrogens is 354 g/mol. The van der Waals surface area contributed by atoms with Crippen molar-refractivity contribution in [3.8, 4) is 6.07 Å². The van der Waals surface area contributed by atoms with Crippen LogP contribution < -0.4 is 5.32 Å². The Morgan fingerprint density at radius 3 is 2.64 bits per heavy atom. The second-order valence-corrected chi connectivity index (χ2v) is 6.27. The normalized spacial score (nSPS) is 17.3. The number of hydrogen-bond acceptors (Lipinski definition) is 5. The molecule has 2 rings (SSSR count). The van der Waals surface area contributed by atoms with Gasteiger partial charge in [0.25, 0.3) is 0 Å². The zero-order chi connectivity index (χ0) is 16.2. The molecule has 1 N–H and O–H groups in total. The summed E-state index contributed by atoms with van der Waals surface area (Å²) in [5.41, 5.74) is -0.829. The molecule has 8 nitrogen and oxygen atoms in total. The Hall–Kier alpha value is -1.95. The molecule has 1 aliphatic rings. The smallest absolute Gasteiger partial charge is 0.358 e. The van der Waals surface area contributed by atoms with E-state index in [1.54, 1.807) is 0 Å². The van der Waals surface area contributed by atoms with Crippen molar-refractivity contribution in [3.05, 3.63) is 20.8 Å². The van der Waals surface area contributed by atoms with Crippen LogP contribution in [0.4, 0.5) is 5.82 Å². The maximum absolute atomic E-state index is 12.1. The predicted molar refractivity (Wildman–Crippen MR) is 80.8 cm³/mol. The van der Waals surface area contributed by atoms with Crippen molar-refractivity contribution in [2.24, 2.45) is 0 Å². The Bertz CT molecular complexity index is 614. The van der Waals surface area contributed by atoms with E-state index in [1.165, 1.54) is 10.9 Å². The lowest BCUT2D eigenvalue weighted by atomic mass is 9.92. The minimum absolute atomic E-state index is 0.157. The Morgan fingerprint density at radius 2 is 2.14 bits per heavy atom. The molecule has 1 amide bonds. The van der Waals surface area contributed by atoms with Crippen LogP contribution in [0.1, 0.15) is 38.5 Å². The number of hydrogen-bond donors (Lipinski definition) is 1. The van der Waals surface area contributed by atoms with Gasteiger partial charge in [-0.25, -0.2) is 0 Å². The highest BCUT2D eigenvalue weighted by atomic mass is 79.9. The largest absolute Gasteiger partial charge is 0.404 e. The molecule has 0 aromatic carbocycles. The summed E-state index contributed by atoms with van der Waals surface area (Å²) in [6.07, 6.45) is 6.61. The summed E-state index contributed by atoms with van der Waals surface area (Å²) in [6.45, 7) is -0.157. The number of nitriles is 1. The summed E-state index contributed by atoms with van der Waals surface area (Å²) in [6, 6.07) is 2.23. The maximum atomic E-state index is 12.1. The van der Waals surface area contributed by atoms with Crippen LogP contribution in [-0.4, -0.2) is 26.1 Å². The van der Waals surface area contributed by atoms with Crippen molar-refractivity contribution in [2.75, 3.05) is 0 Å². The molecule has 0 atom stereocenters. The number of nitro groups is 1. The van der Waals surface area contributed by atoms with Crippen LogP contribution in [0.15, 0.2) is 10.7 Å². The Balaban J connectivity index is 2.04. The van der Waals surface area contributed by atoms with Crippen molar-refractivity contribution in [2.45, 2.75) is 50.6 Å². The molecule has 1 aromatic rings. The van der Waals surface area contributed by atoms with E-state index in [2.05, 4.69) is 32.4 Å². The molecule has 1 saturated carbocycles. The molecule has 0 unspecified atom stereocenters. The summed E-state index contributed by atoms with van der Waals surface area (Å²) in [5, 5.41) is 26.7. The number of aromatic nitrogens is 2. The highest BCUT2D eigenvalue weighted by molar-refractivity contribution is 9.10. The molecule has 0 aliphatic heterocycles. The molecule has 1 aliphatic carbocycles. The highest BCUT2D eigenvalue weighted by Gasteiger charge is 2.33. The van der Waals surface area contributed by atoms with Gasteiger partial charge < -0.3 is 15.4 Å². The Morgan fingerprint density at radius 1 is 1.50 bits per heavy atom. The minimum atomic E-state index is -0.829. The van der Waals surface area contributed by atoms with E-state index >= 15 is 0 Å². The first-order chi connectivity index (χ1) is 10.5. The fraction of sp³-hybridized carbons (Fsp3) is 0.615. The van der Waals surface area contributed by atoms with E-state index in [0.717, 1.165) is 25.7 Å². The van der Waals surface area contributed by atoms with Crippen LogP contribution in [0, 0.1) is 21.4 Å². The molecule has 22 heavy (non-hydrogen) atoms. The molecule has 1 heterocycles.